The van der Waals surface area contributed by atoms with Crippen molar-refractivity contribution in [3.8, 4) is 0 Å². The van der Waals surface area contributed by atoms with Crippen LogP contribution in [0.5, 0.6) is 0 Å². The molecule has 1 aromatic heterocycles. The number of rotatable bonds is 5. The Morgan fingerprint density at radius 2 is 1.83 bits per heavy atom. The molecule has 0 atom stereocenters. The molecule has 0 saturated carbocycles. The molecule has 1 fully saturated rings. The fourth-order valence-electron chi connectivity index (χ4n) is 3.17. The van der Waals surface area contributed by atoms with Crippen molar-refractivity contribution >= 4 is 5.78 Å². The first-order valence-corrected chi connectivity index (χ1v) is 8.19. The lowest BCUT2D eigenvalue weighted by molar-refractivity contribution is 0.0925. The minimum atomic E-state index is -0.00567. The van der Waals surface area contributed by atoms with E-state index in [-0.39, 0.29) is 11.3 Å². The number of benzene rings is 1. The summed E-state index contributed by atoms with van der Waals surface area (Å²) < 4.78 is 0. The molecule has 0 spiro atoms. The van der Waals surface area contributed by atoms with Gasteiger partial charge in [-0.3, -0.25) is 14.5 Å². The Balaban J connectivity index is 1.50. The molecular weight excluding hydrogens is 288 g/mol. The number of carbonyl (C=O) groups excluding carboxylic acids is 1. The second kappa shape index (κ2) is 7.38. The van der Waals surface area contributed by atoms with Crippen LogP contribution in [0.15, 0.2) is 53.5 Å². The second-order valence-corrected chi connectivity index (χ2v) is 6.24. The Labute approximate surface area is 136 Å². The van der Waals surface area contributed by atoms with Crippen LogP contribution >= 0.6 is 0 Å². The summed E-state index contributed by atoms with van der Waals surface area (Å²) in [5.41, 5.74) is 1.62. The van der Waals surface area contributed by atoms with Gasteiger partial charge in [-0.15, -0.1) is 0 Å². The Bertz CT molecular complexity index is 701. The van der Waals surface area contributed by atoms with E-state index in [4.69, 9.17) is 0 Å². The van der Waals surface area contributed by atoms with Gasteiger partial charge < -0.3 is 4.98 Å². The zero-order valence-corrected chi connectivity index (χ0v) is 13.2. The molecule has 4 nitrogen and oxygen atoms in total. The topological polar surface area (TPSA) is 53.2 Å². The quantitative estimate of drug-likeness (QED) is 0.864. The number of nitrogens with one attached hydrogen (secondary N) is 1. The Kier molecular flexibility index (Phi) is 5.03. The first-order valence-electron chi connectivity index (χ1n) is 8.19. The van der Waals surface area contributed by atoms with E-state index in [0.29, 0.717) is 18.9 Å². The third-order valence-corrected chi connectivity index (χ3v) is 4.57. The number of aromatic nitrogens is 1. The monoisotopic (exact) mass is 310 g/mol. The highest BCUT2D eigenvalue weighted by atomic mass is 16.1. The lowest BCUT2D eigenvalue weighted by Gasteiger charge is -2.31. The fourth-order valence-corrected chi connectivity index (χ4v) is 3.17. The van der Waals surface area contributed by atoms with Crippen LogP contribution in [0.4, 0.5) is 0 Å². The summed E-state index contributed by atoms with van der Waals surface area (Å²) in [4.78, 5) is 29.0. The molecule has 1 aliphatic heterocycles. The van der Waals surface area contributed by atoms with Crippen molar-refractivity contribution in [3.05, 3.63) is 70.1 Å². The van der Waals surface area contributed by atoms with Crippen LogP contribution in [0, 0.1) is 5.92 Å². The molecule has 4 heteroatoms. The number of piperidine rings is 1. The first-order chi connectivity index (χ1) is 11.2. The molecule has 1 aliphatic rings. The third-order valence-electron chi connectivity index (χ3n) is 4.57. The highest BCUT2D eigenvalue weighted by Crippen LogP contribution is 2.23. The molecule has 1 aromatic carbocycles. The van der Waals surface area contributed by atoms with Gasteiger partial charge in [0.05, 0.1) is 0 Å². The number of Topliss-reactive ketones (excluding diaryl/α,β-unsaturated/α-hetero) is 1. The number of aromatic amines is 1. The first kappa shape index (κ1) is 15.7. The molecule has 0 aliphatic carbocycles. The van der Waals surface area contributed by atoms with Crippen LogP contribution in [0.25, 0.3) is 0 Å². The maximum atomic E-state index is 12.3. The molecule has 0 amide bonds. The van der Waals surface area contributed by atoms with Gasteiger partial charge in [-0.1, -0.05) is 36.4 Å². The van der Waals surface area contributed by atoms with Crippen LogP contribution in [0.1, 0.15) is 35.2 Å². The minimum absolute atomic E-state index is 0.00567. The molecule has 1 N–H and O–H groups in total. The van der Waals surface area contributed by atoms with E-state index >= 15 is 0 Å². The van der Waals surface area contributed by atoms with Crippen molar-refractivity contribution in [3.63, 3.8) is 0 Å². The Hall–Kier alpha value is -2.20. The van der Waals surface area contributed by atoms with Gasteiger partial charge in [0.25, 0.3) is 5.56 Å². The van der Waals surface area contributed by atoms with Crippen molar-refractivity contribution in [1.29, 1.82) is 0 Å². The number of H-pyrrole nitrogens is 1. The van der Waals surface area contributed by atoms with Gasteiger partial charge in [0.15, 0.2) is 5.78 Å². The van der Waals surface area contributed by atoms with Crippen LogP contribution in [0.3, 0.4) is 0 Å². The van der Waals surface area contributed by atoms with Crippen LogP contribution in [0.2, 0.25) is 0 Å². The molecule has 2 aromatic rings. The normalized spacial score (nSPS) is 16.3. The molecule has 0 unspecified atom stereocenters. The molecule has 1 saturated heterocycles. The van der Waals surface area contributed by atoms with Gasteiger partial charge in [0.2, 0.25) is 0 Å². The lowest BCUT2D eigenvalue weighted by Crippen LogP contribution is -2.35. The van der Waals surface area contributed by atoms with Gasteiger partial charge in [-0.25, -0.2) is 0 Å². The Morgan fingerprint density at radius 1 is 1.09 bits per heavy atom. The standard InChI is InChI=1S/C19H22N2O2/c22-18(16-5-2-1-3-6-16)13-15-8-11-21(12-9-15)14-17-7-4-10-20-19(17)23/h1-7,10,15H,8-9,11-14H2,(H,20,23). The zero-order chi connectivity index (χ0) is 16.1. The predicted molar refractivity (Wildman–Crippen MR) is 90.5 cm³/mol. The van der Waals surface area contributed by atoms with Gasteiger partial charge >= 0.3 is 0 Å². The Morgan fingerprint density at radius 3 is 2.52 bits per heavy atom. The number of carbonyl (C=O) groups is 1. The maximum absolute atomic E-state index is 12.3. The van der Waals surface area contributed by atoms with E-state index in [0.717, 1.165) is 37.1 Å². The average Bonchev–Trinajstić information content (AvgIpc) is 2.59. The summed E-state index contributed by atoms with van der Waals surface area (Å²) in [6.45, 7) is 2.58. The number of hydrogen-bond donors (Lipinski definition) is 1. The maximum Gasteiger partial charge on any atom is 0.252 e. The molecular formula is C19H22N2O2. The number of pyridine rings is 1. The summed E-state index contributed by atoms with van der Waals surface area (Å²) in [5, 5.41) is 0. The average molecular weight is 310 g/mol. The zero-order valence-electron chi connectivity index (χ0n) is 13.2. The summed E-state index contributed by atoms with van der Waals surface area (Å²) >= 11 is 0. The van der Waals surface area contributed by atoms with E-state index in [9.17, 15) is 9.59 Å². The van der Waals surface area contributed by atoms with E-state index in [1.165, 1.54) is 0 Å². The van der Waals surface area contributed by atoms with E-state index < -0.39 is 0 Å². The molecule has 23 heavy (non-hydrogen) atoms. The second-order valence-electron chi connectivity index (χ2n) is 6.24. The largest absolute Gasteiger partial charge is 0.329 e. The van der Waals surface area contributed by atoms with E-state index in [2.05, 4.69) is 9.88 Å². The summed E-state index contributed by atoms with van der Waals surface area (Å²) in [6.07, 6.45) is 4.32. The molecule has 3 rings (SSSR count). The lowest BCUT2D eigenvalue weighted by atomic mass is 9.89. The van der Waals surface area contributed by atoms with Crippen LogP contribution < -0.4 is 5.56 Å². The highest BCUT2D eigenvalue weighted by molar-refractivity contribution is 5.96. The summed E-state index contributed by atoms with van der Waals surface area (Å²) in [6, 6.07) is 13.3. The predicted octanol–water partition coefficient (Wildman–Crippen LogP) is 2.86. The molecule has 120 valence electrons. The van der Waals surface area contributed by atoms with E-state index in [1.54, 1.807) is 6.20 Å². The molecule has 2 heterocycles. The number of ketones is 1. The van der Waals surface area contributed by atoms with Crippen LogP contribution in [-0.2, 0) is 6.54 Å². The smallest absolute Gasteiger partial charge is 0.252 e. The fraction of sp³-hybridized carbons (Fsp3) is 0.368. The van der Waals surface area contributed by atoms with Crippen molar-refractivity contribution in [2.45, 2.75) is 25.8 Å². The number of hydrogen-bond acceptors (Lipinski definition) is 3. The number of likely N-dealkylation sites (tertiary alicyclic amines) is 1. The van der Waals surface area contributed by atoms with Crippen molar-refractivity contribution in [2.24, 2.45) is 5.92 Å². The van der Waals surface area contributed by atoms with Crippen molar-refractivity contribution < 1.29 is 4.79 Å². The number of nitrogens with zero attached hydrogens (tertiary/aromatic N) is 1. The molecule has 0 radical (unpaired) electrons. The van der Waals surface area contributed by atoms with Gasteiger partial charge in [-0.2, -0.15) is 0 Å². The van der Waals surface area contributed by atoms with Crippen LogP contribution in [-0.4, -0.2) is 28.8 Å². The van der Waals surface area contributed by atoms with Gasteiger partial charge in [-0.05, 0) is 37.9 Å². The van der Waals surface area contributed by atoms with Gasteiger partial charge in [0, 0.05) is 30.3 Å². The van der Waals surface area contributed by atoms with E-state index in [1.807, 2.05) is 42.5 Å². The third kappa shape index (κ3) is 4.17. The summed E-state index contributed by atoms with van der Waals surface area (Å²) in [5.74, 6) is 0.691. The van der Waals surface area contributed by atoms with Gasteiger partial charge in [0.1, 0.15) is 0 Å². The minimum Gasteiger partial charge on any atom is -0.329 e. The summed E-state index contributed by atoms with van der Waals surface area (Å²) in [7, 11) is 0. The van der Waals surface area contributed by atoms with Crippen molar-refractivity contribution in [1.82, 2.24) is 9.88 Å². The SMILES string of the molecule is O=C(CC1CCN(Cc2ccc[nH]c2=O)CC1)c1ccccc1. The molecule has 0 bridgehead atoms. The highest BCUT2D eigenvalue weighted by Gasteiger charge is 2.22. The van der Waals surface area contributed by atoms with Crippen molar-refractivity contribution in [2.75, 3.05) is 13.1 Å².